The van der Waals surface area contributed by atoms with Crippen LogP contribution in [0.25, 0.3) is 0 Å². The average Bonchev–Trinajstić information content (AvgIpc) is 3.41. The lowest BCUT2D eigenvalue weighted by molar-refractivity contribution is -0.122. The lowest BCUT2D eigenvalue weighted by Crippen LogP contribution is -2.33. The molecule has 0 spiro atoms. The minimum atomic E-state index is -0.742. The molecule has 1 saturated heterocycles. The molecule has 41 heavy (non-hydrogen) atoms. The number of fused-ring (bicyclic) bond motifs is 2. The first-order valence-electron chi connectivity index (χ1n) is 12.9. The zero-order valence-electron chi connectivity index (χ0n) is 22.1. The van der Waals surface area contributed by atoms with Gasteiger partial charge in [-0.1, -0.05) is 65.0 Å². The van der Waals surface area contributed by atoms with Crippen molar-refractivity contribution >= 4 is 69.5 Å². The van der Waals surface area contributed by atoms with Crippen molar-refractivity contribution in [3.63, 3.8) is 0 Å². The van der Waals surface area contributed by atoms with E-state index in [1.165, 1.54) is 21.2 Å². The number of benzene rings is 3. The Morgan fingerprint density at radius 3 is 2.27 bits per heavy atom. The molecule has 4 aromatic rings. The van der Waals surface area contributed by atoms with Crippen LogP contribution in [0.5, 0.6) is 0 Å². The van der Waals surface area contributed by atoms with Crippen molar-refractivity contribution in [2.45, 2.75) is 22.7 Å². The third-order valence-corrected chi connectivity index (χ3v) is 10.1. The second-order valence-corrected chi connectivity index (χ2v) is 12.6. The van der Waals surface area contributed by atoms with E-state index in [4.69, 9.17) is 11.6 Å². The predicted octanol–water partition coefficient (Wildman–Crippen LogP) is 5.06. The topological polar surface area (TPSA) is 91.7 Å². The normalized spacial score (nSPS) is 19.6. The second kappa shape index (κ2) is 10.8. The highest BCUT2D eigenvalue weighted by atomic mass is 35.5. The van der Waals surface area contributed by atoms with E-state index in [1.807, 2.05) is 49.3 Å². The van der Waals surface area contributed by atoms with Crippen molar-refractivity contribution in [2.24, 2.45) is 5.92 Å². The number of halogens is 1. The number of nitrogens with one attached hydrogen (secondary N) is 1. The maximum absolute atomic E-state index is 13.9. The van der Waals surface area contributed by atoms with Crippen molar-refractivity contribution < 1.29 is 14.4 Å². The fourth-order valence-electron chi connectivity index (χ4n) is 5.30. The van der Waals surface area contributed by atoms with Gasteiger partial charge in [-0.3, -0.25) is 23.7 Å². The fraction of sp³-hybridized carbons (Fsp3) is 0.200. The summed E-state index contributed by atoms with van der Waals surface area (Å²) in [7, 11) is 3.89. The Balaban J connectivity index is 1.41. The Morgan fingerprint density at radius 1 is 0.927 bits per heavy atom. The largest absolute Gasteiger partial charge is 0.378 e. The summed E-state index contributed by atoms with van der Waals surface area (Å²) in [5.74, 6) is -2.22. The Morgan fingerprint density at radius 2 is 1.61 bits per heavy atom. The fourth-order valence-corrected chi connectivity index (χ4v) is 8.20. The standard InChI is InChI=1S/C30H25ClN4O4S2/c1-33(2)20-14-8-17(9-15-20)23-24-25(28(38)35(27(24)37)21-6-4-3-5-7-21)40-29-26(23)41-30(39)34(29)16-22(36)32-19-12-10-18(31)11-13-19/h3-15,23-25H,16H2,1-2H3,(H,32,36)/t23-,24-,25+/m0/s1. The zero-order chi connectivity index (χ0) is 28.8. The van der Waals surface area contributed by atoms with Gasteiger partial charge in [0.25, 0.3) is 0 Å². The molecule has 11 heteroatoms. The minimum absolute atomic E-state index is 0.228. The number of anilines is 3. The Kier molecular flexibility index (Phi) is 7.23. The van der Waals surface area contributed by atoms with Crippen LogP contribution < -0.4 is 20.0 Å². The Labute approximate surface area is 249 Å². The van der Waals surface area contributed by atoms with Crippen molar-refractivity contribution in [1.29, 1.82) is 0 Å². The van der Waals surface area contributed by atoms with E-state index < -0.39 is 17.1 Å². The number of amides is 3. The van der Waals surface area contributed by atoms with E-state index in [9.17, 15) is 19.2 Å². The Hall–Kier alpha value is -3.86. The van der Waals surface area contributed by atoms with E-state index in [2.05, 4.69) is 5.32 Å². The molecule has 0 saturated carbocycles. The number of thioether (sulfide) groups is 1. The van der Waals surface area contributed by atoms with Crippen molar-refractivity contribution in [1.82, 2.24) is 4.57 Å². The first kappa shape index (κ1) is 27.3. The van der Waals surface area contributed by atoms with Gasteiger partial charge in [-0.25, -0.2) is 4.90 Å². The molecule has 3 heterocycles. The van der Waals surface area contributed by atoms with Gasteiger partial charge < -0.3 is 10.2 Å². The second-order valence-electron chi connectivity index (χ2n) is 10.1. The molecule has 0 unspecified atom stereocenters. The number of aromatic nitrogens is 1. The summed E-state index contributed by atoms with van der Waals surface area (Å²) in [6.45, 7) is -0.228. The third-order valence-electron chi connectivity index (χ3n) is 7.26. The third kappa shape index (κ3) is 4.96. The van der Waals surface area contributed by atoms with E-state index in [-0.39, 0.29) is 29.1 Å². The van der Waals surface area contributed by atoms with Gasteiger partial charge >= 0.3 is 4.87 Å². The molecular weight excluding hydrogens is 580 g/mol. The van der Waals surface area contributed by atoms with Gasteiger partial charge in [0.2, 0.25) is 17.7 Å². The number of rotatable bonds is 6. The van der Waals surface area contributed by atoms with Crippen LogP contribution in [-0.2, 0) is 20.9 Å². The van der Waals surface area contributed by atoms with Crippen LogP contribution in [-0.4, -0.2) is 41.6 Å². The van der Waals surface area contributed by atoms with Crippen LogP contribution in [0.4, 0.5) is 17.1 Å². The van der Waals surface area contributed by atoms with Crippen LogP contribution in [0.1, 0.15) is 16.4 Å². The molecule has 208 valence electrons. The number of hydrogen-bond donors (Lipinski definition) is 1. The number of carbonyl (C=O) groups is 3. The van der Waals surface area contributed by atoms with Gasteiger partial charge in [0.05, 0.1) is 16.6 Å². The molecule has 1 N–H and O–H groups in total. The van der Waals surface area contributed by atoms with Crippen molar-refractivity contribution in [3.8, 4) is 0 Å². The number of thiazole rings is 1. The SMILES string of the molecule is CN(C)c1ccc([C@@H]2c3sc(=O)n(CC(=O)Nc4ccc(Cl)cc4)c3S[C@H]3C(=O)N(c4ccccc4)C(=O)[C@@H]23)cc1. The van der Waals surface area contributed by atoms with Gasteiger partial charge in [-0.2, -0.15) is 0 Å². The molecule has 0 aliphatic carbocycles. The summed E-state index contributed by atoms with van der Waals surface area (Å²) in [6.07, 6.45) is 0. The number of hydrogen-bond acceptors (Lipinski definition) is 7. The molecule has 0 bridgehead atoms. The van der Waals surface area contributed by atoms with Gasteiger partial charge in [0.15, 0.2) is 0 Å². The number of para-hydroxylation sites is 1. The van der Waals surface area contributed by atoms with Gasteiger partial charge in [0, 0.05) is 41.3 Å². The lowest BCUT2D eigenvalue weighted by atomic mass is 9.83. The molecule has 1 aromatic heterocycles. The van der Waals surface area contributed by atoms with E-state index in [1.54, 1.807) is 48.5 Å². The van der Waals surface area contributed by atoms with Gasteiger partial charge in [0.1, 0.15) is 11.8 Å². The first-order valence-corrected chi connectivity index (χ1v) is 15.0. The van der Waals surface area contributed by atoms with Crippen molar-refractivity contribution in [3.05, 3.63) is 104 Å². The maximum atomic E-state index is 13.9. The molecule has 6 rings (SSSR count). The molecule has 1 fully saturated rings. The summed E-state index contributed by atoms with van der Waals surface area (Å²) in [5.41, 5.74) is 2.89. The highest BCUT2D eigenvalue weighted by molar-refractivity contribution is 8.00. The summed E-state index contributed by atoms with van der Waals surface area (Å²) < 4.78 is 1.41. The highest BCUT2D eigenvalue weighted by Crippen LogP contribution is 2.54. The molecule has 8 nitrogen and oxygen atoms in total. The molecule has 3 amide bonds. The molecule has 3 atom stereocenters. The number of imide groups is 1. The van der Waals surface area contributed by atoms with Crippen LogP contribution >= 0.6 is 34.7 Å². The predicted molar refractivity (Wildman–Crippen MR) is 163 cm³/mol. The molecule has 0 radical (unpaired) electrons. The van der Waals surface area contributed by atoms with Gasteiger partial charge in [-0.15, -0.1) is 0 Å². The van der Waals surface area contributed by atoms with E-state index >= 15 is 0 Å². The maximum Gasteiger partial charge on any atom is 0.308 e. The first-order chi connectivity index (χ1) is 19.7. The van der Waals surface area contributed by atoms with Crippen LogP contribution in [0.15, 0.2) is 88.7 Å². The van der Waals surface area contributed by atoms with Crippen LogP contribution in [0.2, 0.25) is 5.02 Å². The summed E-state index contributed by atoms with van der Waals surface area (Å²) in [6, 6.07) is 23.4. The van der Waals surface area contributed by atoms with Crippen molar-refractivity contribution in [2.75, 3.05) is 29.2 Å². The summed E-state index contributed by atoms with van der Waals surface area (Å²) in [4.78, 5) is 57.7. The number of nitrogens with zero attached hydrogens (tertiary/aromatic N) is 3. The molecule has 2 aliphatic heterocycles. The monoisotopic (exact) mass is 604 g/mol. The zero-order valence-corrected chi connectivity index (χ0v) is 24.5. The van der Waals surface area contributed by atoms with Crippen LogP contribution in [0.3, 0.4) is 0 Å². The molecular formula is C30H25ClN4O4S2. The highest BCUT2D eigenvalue weighted by Gasteiger charge is 2.56. The molecule has 3 aromatic carbocycles. The van der Waals surface area contributed by atoms with E-state index in [0.29, 0.717) is 26.3 Å². The quantitative estimate of drug-likeness (QED) is 0.309. The smallest absolute Gasteiger partial charge is 0.308 e. The minimum Gasteiger partial charge on any atom is -0.378 e. The Bertz CT molecular complexity index is 1700. The van der Waals surface area contributed by atoms with Gasteiger partial charge in [-0.05, 0) is 54.1 Å². The van der Waals surface area contributed by atoms with Crippen LogP contribution in [0, 0.1) is 5.92 Å². The summed E-state index contributed by atoms with van der Waals surface area (Å²) in [5, 5.41) is 3.14. The summed E-state index contributed by atoms with van der Waals surface area (Å²) >= 11 is 8.17. The molecule has 2 aliphatic rings. The lowest BCUT2D eigenvalue weighted by Gasteiger charge is -2.31. The van der Waals surface area contributed by atoms with E-state index in [0.717, 1.165) is 22.6 Å². The number of carbonyl (C=O) groups excluding carboxylic acids is 3. The average molecular weight is 605 g/mol.